The standard InChI is InChI=1S/C23H13N3O/c24-14-19(15-25)18-11-12-26-20(13-18)23(27)21(16-7-3-1-4-8-16)22(26)17-9-5-2-6-10-17/h1-13H. The predicted octanol–water partition coefficient (Wildman–Crippen LogP) is 4.19. The lowest BCUT2D eigenvalue weighted by Gasteiger charge is -2.22. The van der Waals surface area contributed by atoms with Crippen LogP contribution in [-0.4, -0.2) is 10.7 Å². The molecule has 0 radical (unpaired) electrons. The molecular formula is C23H13N3O. The molecular weight excluding hydrogens is 334 g/mol. The molecule has 0 aliphatic carbocycles. The van der Waals surface area contributed by atoms with Crippen LogP contribution in [-0.2, 0) is 4.79 Å². The van der Waals surface area contributed by atoms with Gasteiger partial charge in [0.25, 0.3) is 0 Å². The van der Waals surface area contributed by atoms with Crippen molar-refractivity contribution in [2.75, 3.05) is 0 Å². The maximum absolute atomic E-state index is 13.3. The first-order valence-corrected chi connectivity index (χ1v) is 8.38. The third kappa shape index (κ3) is 2.66. The molecule has 2 aliphatic heterocycles. The van der Waals surface area contributed by atoms with Gasteiger partial charge in [-0.25, -0.2) is 0 Å². The van der Waals surface area contributed by atoms with E-state index in [1.807, 2.05) is 77.7 Å². The highest BCUT2D eigenvalue weighted by Gasteiger charge is 2.36. The van der Waals surface area contributed by atoms with Crippen LogP contribution < -0.4 is 0 Å². The van der Waals surface area contributed by atoms with E-state index in [-0.39, 0.29) is 11.4 Å². The number of hydrogen-bond acceptors (Lipinski definition) is 4. The van der Waals surface area contributed by atoms with Crippen molar-refractivity contribution < 1.29 is 4.79 Å². The smallest absolute Gasteiger partial charge is 0.212 e. The van der Waals surface area contributed by atoms with Crippen molar-refractivity contribution in [3.8, 4) is 12.1 Å². The van der Waals surface area contributed by atoms with Gasteiger partial charge in [0.1, 0.15) is 17.7 Å². The zero-order chi connectivity index (χ0) is 18.8. The number of nitriles is 2. The molecule has 0 amide bonds. The van der Waals surface area contributed by atoms with Gasteiger partial charge in [-0.05, 0) is 23.3 Å². The summed E-state index contributed by atoms with van der Waals surface area (Å²) in [5.41, 5.74) is 4.02. The number of rotatable bonds is 2. The van der Waals surface area contributed by atoms with Crippen molar-refractivity contribution in [3.63, 3.8) is 0 Å². The summed E-state index contributed by atoms with van der Waals surface area (Å²) in [7, 11) is 0. The Bertz CT molecular complexity index is 1120. The van der Waals surface area contributed by atoms with E-state index in [4.69, 9.17) is 10.5 Å². The van der Waals surface area contributed by atoms with E-state index in [1.54, 1.807) is 18.4 Å². The molecule has 2 aromatic carbocycles. The fourth-order valence-corrected chi connectivity index (χ4v) is 3.29. The Morgan fingerprint density at radius 2 is 1.44 bits per heavy atom. The summed E-state index contributed by atoms with van der Waals surface area (Å²) in [6.07, 6.45) is 5.05. The molecule has 0 atom stereocenters. The third-order valence-electron chi connectivity index (χ3n) is 4.51. The number of ketones is 1. The molecule has 0 spiro atoms. The fourth-order valence-electron chi connectivity index (χ4n) is 3.29. The average molecular weight is 347 g/mol. The number of fused-ring (bicyclic) bond motifs is 1. The largest absolute Gasteiger partial charge is 0.312 e. The number of hydrogen-bond donors (Lipinski definition) is 0. The van der Waals surface area contributed by atoms with Crippen LogP contribution in [0.1, 0.15) is 11.1 Å². The number of carbonyl (C=O) groups is 1. The molecule has 4 nitrogen and oxygen atoms in total. The summed E-state index contributed by atoms with van der Waals surface area (Å²) in [5.74, 6) is -0.128. The number of allylic oxidation sites excluding steroid dienone is 5. The zero-order valence-electron chi connectivity index (χ0n) is 14.3. The molecule has 0 N–H and O–H groups in total. The normalized spacial score (nSPS) is 15.2. The van der Waals surface area contributed by atoms with E-state index in [0.29, 0.717) is 16.8 Å². The highest BCUT2D eigenvalue weighted by atomic mass is 16.1. The van der Waals surface area contributed by atoms with E-state index < -0.39 is 0 Å². The number of Topliss-reactive ketones (excluding diaryl/α,β-unsaturated/α-hetero) is 1. The van der Waals surface area contributed by atoms with Crippen LogP contribution in [0.4, 0.5) is 0 Å². The molecule has 0 saturated heterocycles. The van der Waals surface area contributed by atoms with Gasteiger partial charge in [-0.3, -0.25) is 4.79 Å². The third-order valence-corrected chi connectivity index (χ3v) is 4.51. The van der Waals surface area contributed by atoms with E-state index in [2.05, 4.69) is 0 Å². The Hall–Kier alpha value is -4.15. The summed E-state index contributed by atoms with van der Waals surface area (Å²) in [4.78, 5) is 15.1. The second kappa shape index (κ2) is 6.63. The van der Waals surface area contributed by atoms with Gasteiger partial charge in [0.05, 0.1) is 17.0 Å². The highest BCUT2D eigenvalue weighted by molar-refractivity contribution is 6.38. The van der Waals surface area contributed by atoms with Crippen LogP contribution in [0.5, 0.6) is 0 Å². The van der Waals surface area contributed by atoms with Crippen LogP contribution in [0.15, 0.2) is 95.9 Å². The maximum Gasteiger partial charge on any atom is 0.212 e. The molecule has 2 heterocycles. The molecule has 0 fully saturated rings. The lowest BCUT2D eigenvalue weighted by atomic mass is 9.98. The first-order chi connectivity index (χ1) is 13.2. The Morgan fingerprint density at radius 3 is 2.04 bits per heavy atom. The van der Waals surface area contributed by atoms with Gasteiger partial charge in [0.2, 0.25) is 5.78 Å². The minimum atomic E-state index is -0.128. The Labute approximate surface area is 156 Å². The van der Waals surface area contributed by atoms with Crippen LogP contribution in [0.25, 0.3) is 11.3 Å². The van der Waals surface area contributed by atoms with Crippen LogP contribution in [0.3, 0.4) is 0 Å². The van der Waals surface area contributed by atoms with Gasteiger partial charge in [-0.15, -0.1) is 0 Å². The number of benzene rings is 2. The van der Waals surface area contributed by atoms with Crippen LogP contribution in [0, 0.1) is 22.7 Å². The molecule has 27 heavy (non-hydrogen) atoms. The maximum atomic E-state index is 13.3. The SMILES string of the molecule is N#CC(C#N)=C1C=CN2C(=C1)C(=O)C(c1ccccc1)=C2c1ccccc1. The van der Waals surface area contributed by atoms with Gasteiger partial charge in [-0.2, -0.15) is 10.5 Å². The van der Waals surface area contributed by atoms with Gasteiger partial charge >= 0.3 is 0 Å². The van der Waals surface area contributed by atoms with Crippen molar-refractivity contribution in [1.82, 2.24) is 4.90 Å². The monoisotopic (exact) mass is 347 g/mol. The topological polar surface area (TPSA) is 67.9 Å². The van der Waals surface area contributed by atoms with Crippen LogP contribution >= 0.6 is 0 Å². The van der Waals surface area contributed by atoms with Crippen molar-refractivity contribution >= 4 is 17.1 Å². The summed E-state index contributed by atoms with van der Waals surface area (Å²) < 4.78 is 0. The molecule has 4 rings (SSSR count). The van der Waals surface area contributed by atoms with Gasteiger partial charge in [0, 0.05) is 11.8 Å². The summed E-state index contributed by atoms with van der Waals surface area (Å²) in [6.45, 7) is 0. The molecule has 0 aromatic heterocycles. The predicted molar refractivity (Wildman–Crippen MR) is 102 cm³/mol. The lowest BCUT2D eigenvalue weighted by molar-refractivity contribution is -0.110. The van der Waals surface area contributed by atoms with Crippen LogP contribution in [0.2, 0.25) is 0 Å². The fraction of sp³-hybridized carbons (Fsp3) is 0. The highest BCUT2D eigenvalue weighted by Crippen LogP contribution is 2.42. The molecule has 126 valence electrons. The van der Waals surface area contributed by atoms with Gasteiger partial charge in [-0.1, -0.05) is 60.7 Å². The zero-order valence-corrected chi connectivity index (χ0v) is 14.3. The van der Waals surface area contributed by atoms with Gasteiger partial charge in [0.15, 0.2) is 0 Å². The van der Waals surface area contributed by atoms with Gasteiger partial charge < -0.3 is 4.90 Å². The summed E-state index contributed by atoms with van der Waals surface area (Å²) >= 11 is 0. The first kappa shape index (κ1) is 16.3. The molecule has 0 saturated carbocycles. The summed E-state index contributed by atoms with van der Waals surface area (Å²) in [6, 6.07) is 23.0. The molecule has 2 aromatic rings. The van der Waals surface area contributed by atoms with Crippen molar-refractivity contribution in [1.29, 1.82) is 10.5 Å². The Morgan fingerprint density at radius 1 is 0.852 bits per heavy atom. The van der Waals surface area contributed by atoms with Crippen molar-refractivity contribution in [2.45, 2.75) is 0 Å². The summed E-state index contributed by atoms with van der Waals surface area (Å²) in [5, 5.41) is 18.3. The minimum absolute atomic E-state index is 0.0133. The van der Waals surface area contributed by atoms with E-state index in [1.165, 1.54) is 0 Å². The van der Waals surface area contributed by atoms with E-state index >= 15 is 0 Å². The quantitative estimate of drug-likeness (QED) is 0.764. The van der Waals surface area contributed by atoms with E-state index in [9.17, 15) is 4.79 Å². The second-order valence-corrected chi connectivity index (χ2v) is 6.05. The van der Waals surface area contributed by atoms with Crippen molar-refractivity contribution in [2.24, 2.45) is 0 Å². The second-order valence-electron chi connectivity index (χ2n) is 6.05. The lowest BCUT2D eigenvalue weighted by Crippen LogP contribution is -2.16. The Kier molecular flexibility index (Phi) is 4.01. The number of carbonyl (C=O) groups excluding carboxylic acids is 1. The Balaban J connectivity index is 1.95. The first-order valence-electron chi connectivity index (χ1n) is 8.38. The molecule has 4 heteroatoms. The van der Waals surface area contributed by atoms with E-state index in [0.717, 1.165) is 16.8 Å². The van der Waals surface area contributed by atoms with Crippen molar-refractivity contribution in [3.05, 3.63) is 107 Å². The molecule has 2 aliphatic rings. The number of nitrogens with zero attached hydrogens (tertiary/aromatic N) is 3. The molecule has 0 bridgehead atoms. The average Bonchev–Trinajstić information content (AvgIpc) is 3.02. The molecule has 0 unspecified atom stereocenters. The minimum Gasteiger partial charge on any atom is -0.312 e.